The number of fused-ring (bicyclic) bond motifs is 2. The molecule has 8 aromatic rings. The zero-order valence-electron chi connectivity index (χ0n) is 40.1. The van der Waals surface area contributed by atoms with Gasteiger partial charge in [0.2, 0.25) is 0 Å². The molecule has 9 rings (SSSR count). The van der Waals surface area contributed by atoms with Gasteiger partial charge in [-0.15, -0.1) is 39.1 Å². The van der Waals surface area contributed by atoms with Gasteiger partial charge in [0.05, 0.1) is 7.11 Å². The molecule has 0 heterocycles. The van der Waals surface area contributed by atoms with Crippen molar-refractivity contribution in [2.24, 2.45) is 0 Å². The van der Waals surface area contributed by atoms with E-state index in [1.54, 1.807) is 17.9 Å². The van der Waals surface area contributed by atoms with E-state index in [4.69, 9.17) is 11.7 Å². The van der Waals surface area contributed by atoms with Crippen LogP contribution in [0.25, 0.3) is 66.9 Å². The van der Waals surface area contributed by atoms with Crippen LogP contribution in [0.2, 0.25) is 13.1 Å². The fourth-order valence-electron chi connectivity index (χ4n) is 10.1. The van der Waals surface area contributed by atoms with Crippen molar-refractivity contribution < 1.29 is 30.9 Å². The molecule has 0 aliphatic heterocycles. The van der Waals surface area contributed by atoms with Crippen molar-refractivity contribution in [1.82, 2.24) is 0 Å². The van der Waals surface area contributed by atoms with Crippen LogP contribution >= 0.6 is 0 Å². The second-order valence-corrected chi connectivity index (χ2v) is 20.2. The first-order chi connectivity index (χ1) is 31.4. The second-order valence-electron chi connectivity index (χ2n) is 17.7. The number of benzene rings is 7. The van der Waals surface area contributed by atoms with E-state index in [-0.39, 0.29) is 39.0 Å². The fourth-order valence-corrected chi connectivity index (χ4v) is 11.7. The second kappa shape index (κ2) is 23.5. The number of rotatable bonds is 15. The van der Waals surface area contributed by atoms with Crippen molar-refractivity contribution >= 4 is 36.4 Å². The number of unbranched alkanes of at least 4 members (excludes halogenated alkanes) is 4. The molecule has 0 N–H and O–H groups in total. The van der Waals surface area contributed by atoms with Crippen LogP contribution in [0, 0.1) is 14.4 Å². The van der Waals surface area contributed by atoms with Crippen LogP contribution in [0.5, 0.6) is 5.75 Å². The molecule has 0 spiro atoms. The summed E-state index contributed by atoms with van der Waals surface area (Å²) in [6, 6.07) is 63.5. The Kier molecular flexibility index (Phi) is 17.9. The van der Waals surface area contributed by atoms with E-state index in [0.29, 0.717) is 0 Å². The normalized spacial score (nSPS) is 13.8. The third-order valence-electron chi connectivity index (χ3n) is 13.2. The van der Waals surface area contributed by atoms with E-state index in [0.717, 1.165) is 17.7 Å². The summed E-state index contributed by atoms with van der Waals surface area (Å²) >= 11 is 0. The van der Waals surface area contributed by atoms with E-state index in [1.165, 1.54) is 117 Å². The van der Waals surface area contributed by atoms with Gasteiger partial charge in [-0.2, -0.15) is 6.07 Å². The molecule has 0 aromatic heterocycles. The maximum Gasteiger partial charge on any atom is 3.00 e. The number of hydrogen-bond acceptors (Lipinski definition) is 1. The van der Waals surface area contributed by atoms with Crippen molar-refractivity contribution in [2.45, 2.75) is 83.7 Å². The maximum atomic E-state index is 5.94. The van der Waals surface area contributed by atoms with Gasteiger partial charge < -0.3 is 19.1 Å². The molecule has 0 saturated heterocycles. The first-order valence-electron chi connectivity index (χ1n) is 23.5. The molecule has 66 heavy (non-hydrogen) atoms. The number of hydrogen-bond donors (Lipinski definition) is 0. The van der Waals surface area contributed by atoms with E-state index < -0.39 is 8.80 Å². The molecule has 8 aromatic carbocycles. The Hall–Kier alpha value is -5.21. The molecule has 1 nitrogen and oxygen atoms in total. The Morgan fingerprint density at radius 3 is 1.77 bits per heavy atom. The zero-order valence-corrected chi connectivity index (χ0v) is 43.6. The average molecular weight is 959 g/mol. The molecule has 1 unspecified atom stereocenters. The predicted molar refractivity (Wildman–Crippen MR) is 287 cm³/mol. The molecule has 1 aliphatic carbocycles. The number of ether oxygens (including phenoxy) is 1. The van der Waals surface area contributed by atoms with Crippen LogP contribution in [0.1, 0.15) is 81.0 Å². The van der Waals surface area contributed by atoms with Crippen molar-refractivity contribution in [3.8, 4) is 50.3 Å². The van der Waals surface area contributed by atoms with Gasteiger partial charge in [0.1, 0.15) is 5.75 Å². The molecule has 3 heteroatoms. The van der Waals surface area contributed by atoms with Crippen LogP contribution in [0.15, 0.2) is 176 Å². The molecule has 0 fully saturated rings. The quantitative estimate of drug-likeness (QED) is 0.0565. The van der Waals surface area contributed by atoms with E-state index in [9.17, 15) is 0 Å². The fraction of sp³-hybridized carbons (Fsp3) is 0.222. The zero-order chi connectivity index (χ0) is 44.5. The number of allylic oxidation sites excluding steroid dienone is 1. The molecule has 0 bridgehead atoms. The monoisotopic (exact) mass is 956 g/mol. The summed E-state index contributed by atoms with van der Waals surface area (Å²) in [5.74, 6) is 0.899. The summed E-state index contributed by atoms with van der Waals surface area (Å²) in [6.45, 7) is 14.2. The van der Waals surface area contributed by atoms with Gasteiger partial charge >= 0.3 is 26.2 Å². The van der Waals surface area contributed by atoms with E-state index in [1.807, 2.05) is 0 Å². The number of aryl methyl sites for hydroxylation is 1. The summed E-state index contributed by atoms with van der Waals surface area (Å²) in [7, 11) is 1.18. The van der Waals surface area contributed by atoms with Crippen LogP contribution in [-0.2, 0) is 38.0 Å². The Balaban J connectivity index is 0.000000218. The summed E-state index contributed by atoms with van der Waals surface area (Å²) in [4.78, 5) is 0. The molecule has 0 amide bonds. The smallest absolute Gasteiger partial charge is 0.496 e. The van der Waals surface area contributed by atoms with Crippen LogP contribution < -0.4 is 9.92 Å². The topological polar surface area (TPSA) is 9.23 Å². The number of methoxy groups -OCH3 is 1. The van der Waals surface area contributed by atoms with Gasteiger partial charge in [0.15, 0.2) is 0 Å². The van der Waals surface area contributed by atoms with Gasteiger partial charge in [-0.3, -0.25) is 0 Å². The Bertz CT molecular complexity index is 2820. The predicted octanol–water partition coefficient (Wildman–Crippen LogP) is 17.3. The SMILES string of the molecule is CCCCc1cc2c(-c3ccc(OC)c(-c4ccccc4)c3-c3ccccc3)cccc2[c-]1[Si](C)C.[CH2-]C1(CCCCCC)C(c2ccccc2-c2ccccc2)=Cc2ccccc21.[CH3-].[Zr+3]. The van der Waals surface area contributed by atoms with Crippen molar-refractivity contribution in [1.29, 1.82) is 0 Å². The Labute approximate surface area is 418 Å². The van der Waals surface area contributed by atoms with Gasteiger partial charge in [0, 0.05) is 19.9 Å². The van der Waals surface area contributed by atoms with Gasteiger partial charge in [0.25, 0.3) is 0 Å². The largest absolute Gasteiger partial charge is 3.00 e. The van der Waals surface area contributed by atoms with Crippen molar-refractivity contribution in [3.63, 3.8) is 0 Å². The minimum atomic E-state index is -0.595. The molecular formula is C63H66OSiZr. The first kappa shape index (κ1) is 50.2. The van der Waals surface area contributed by atoms with Crippen molar-refractivity contribution in [3.05, 3.63) is 213 Å². The van der Waals surface area contributed by atoms with Crippen LogP contribution in [0.4, 0.5) is 0 Å². The molecule has 1 atom stereocenters. The summed E-state index contributed by atoms with van der Waals surface area (Å²) in [5.41, 5.74) is 16.6. The maximum absolute atomic E-state index is 5.94. The average Bonchev–Trinajstić information content (AvgIpc) is 3.88. The minimum absolute atomic E-state index is 0. The minimum Gasteiger partial charge on any atom is -0.496 e. The molecular weight excluding hydrogens is 892 g/mol. The Morgan fingerprint density at radius 1 is 0.561 bits per heavy atom. The standard InChI is InChI=1S/C34H34OSi.C28H29.CH3.Zr/c1-5-6-14-26-23-30-27(19-13-20-29(30)34(26)36(3)4)28-21-22-31(35-2)33(25-17-11-8-12-18-25)32(28)24-15-9-7-10-16-24;1-3-4-5-13-20-28(2)26-19-12-9-16-23(26)21-27(28)25-18-11-10-17-24(25)22-14-7-6-8-15-22;;/h7-13,15-23H,5-6,14H2,1-4H3;6-12,14-19,21H,2-5,13,20H2,1H3;1H3;/q3*-1;+3. The van der Waals surface area contributed by atoms with Crippen molar-refractivity contribution in [2.75, 3.05) is 7.11 Å². The molecule has 2 radical (unpaired) electrons. The third kappa shape index (κ3) is 10.5. The van der Waals surface area contributed by atoms with E-state index in [2.05, 4.69) is 209 Å². The third-order valence-corrected chi connectivity index (χ3v) is 14.8. The molecule has 1 aliphatic rings. The van der Waals surface area contributed by atoms with Crippen LogP contribution in [-0.4, -0.2) is 15.9 Å². The van der Waals surface area contributed by atoms with Gasteiger partial charge in [-0.1, -0.05) is 246 Å². The summed E-state index contributed by atoms with van der Waals surface area (Å²) in [5, 5.41) is 4.43. The van der Waals surface area contributed by atoms with Crippen LogP contribution in [0.3, 0.4) is 0 Å². The summed E-state index contributed by atoms with van der Waals surface area (Å²) < 4.78 is 5.94. The molecule has 0 saturated carbocycles. The molecule has 332 valence electrons. The van der Waals surface area contributed by atoms with Gasteiger partial charge in [-0.25, -0.2) is 0 Å². The van der Waals surface area contributed by atoms with E-state index >= 15 is 0 Å². The summed E-state index contributed by atoms with van der Waals surface area (Å²) in [6.07, 6.45) is 12.2. The van der Waals surface area contributed by atoms with Gasteiger partial charge in [-0.05, 0) is 51.4 Å². The Morgan fingerprint density at radius 2 is 1.14 bits per heavy atom. The first-order valence-corrected chi connectivity index (χ1v) is 26.0.